The second-order valence-corrected chi connectivity index (χ2v) is 7.74. The first kappa shape index (κ1) is 24.9. The Morgan fingerprint density at radius 1 is 1.19 bits per heavy atom. The van der Waals surface area contributed by atoms with E-state index in [1.807, 2.05) is 13.8 Å². The molecule has 0 spiro atoms. The SMILES string of the molecule is CCCc1cc(=O)oc2c(C)c(OCC(=O)NCC(=O)N[C@H](C(=O)O)[C@@H](C)CC)ccc12. The van der Waals surface area contributed by atoms with Crippen LogP contribution in [0.25, 0.3) is 11.0 Å². The summed E-state index contributed by atoms with van der Waals surface area (Å²) in [5.74, 6) is -2.13. The molecule has 0 fully saturated rings. The van der Waals surface area contributed by atoms with Gasteiger partial charge in [-0.3, -0.25) is 9.59 Å². The summed E-state index contributed by atoms with van der Waals surface area (Å²) in [5.41, 5.74) is 1.47. The van der Waals surface area contributed by atoms with Gasteiger partial charge < -0.3 is 24.9 Å². The van der Waals surface area contributed by atoms with E-state index in [4.69, 9.17) is 9.15 Å². The third-order valence-corrected chi connectivity index (χ3v) is 5.32. The van der Waals surface area contributed by atoms with Crippen LogP contribution >= 0.6 is 0 Å². The number of aliphatic carboxylic acids is 1. The molecule has 1 heterocycles. The van der Waals surface area contributed by atoms with E-state index >= 15 is 0 Å². The maximum atomic E-state index is 12.1. The van der Waals surface area contributed by atoms with Crippen LogP contribution in [0, 0.1) is 12.8 Å². The number of benzene rings is 1. The van der Waals surface area contributed by atoms with E-state index in [1.54, 1.807) is 26.0 Å². The molecule has 3 N–H and O–H groups in total. The molecule has 2 atom stereocenters. The van der Waals surface area contributed by atoms with Crippen molar-refractivity contribution in [3.05, 3.63) is 39.7 Å². The highest BCUT2D eigenvalue weighted by Crippen LogP contribution is 2.28. The lowest BCUT2D eigenvalue weighted by Gasteiger charge is -2.20. The Kier molecular flexibility index (Phi) is 8.80. The van der Waals surface area contributed by atoms with Crippen molar-refractivity contribution in [1.29, 1.82) is 0 Å². The molecule has 1 aromatic heterocycles. The van der Waals surface area contributed by atoms with Crippen molar-refractivity contribution in [2.45, 2.75) is 53.0 Å². The smallest absolute Gasteiger partial charge is 0.336 e. The molecular weight excluding hydrogens is 416 g/mol. The summed E-state index contributed by atoms with van der Waals surface area (Å²) in [6.07, 6.45) is 2.21. The number of carboxylic acid groups (broad SMARTS) is 1. The van der Waals surface area contributed by atoms with Crippen molar-refractivity contribution in [1.82, 2.24) is 10.6 Å². The minimum absolute atomic E-state index is 0.246. The van der Waals surface area contributed by atoms with Crippen LogP contribution in [0.5, 0.6) is 5.75 Å². The number of hydrogen-bond acceptors (Lipinski definition) is 6. The topological polar surface area (TPSA) is 135 Å². The summed E-state index contributed by atoms with van der Waals surface area (Å²) >= 11 is 0. The number of rotatable bonds is 11. The highest BCUT2D eigenvalue weighted by molar-refractivity contribution is 5.88. The first-order valence-corrected chi connectivity index (χ1v) is 10.7. The molecule has 0 unspecified atom stereocenters. The van der Waals surface area contributed by atoms with Crippen molar-refractivity contribution in [2.24, 2.45) is 5.92 Å². The second kappa shape index (κ2) is 11.3. The number of aryl methyl sites for hydroxylation is 2. The van der Waals surface area contributed by atoms with Crippen molar-refractivity contribution in [3.63, 3.8) is 0 Å². The molecule has 2 amide bonds. The zero-order chi connectivity index (χ0) is 23.8. The number of hydrogen-bond donors (Lipinski definition) is 3. The van der Waals surface area contributed by atoms with E-state index in [0.717, 1.165) is 23.8 Å². The minimum atomic E-state index is -1.12. The Labute approximate surface area is 186 Å². The number of nitrogens with one attached hydrogen (secondary N) is 2. The zero-order valence-electron chi connectivity index (χ0n) is 18.8. The van der Waals surface area contributed by atoms with E-state index in [0.29, 0.717) is 23.3 Å². The predicted molar refractivity (Wildman–Crippen MR) is 119 cm³/mol. The molecule has 0 saturated heterocycles. The highest BCUT2D eigenvalue weighted by atomic mass is 16.5. The molecule has 0 aliphatic rings. The van der Waals surface area contributed by atoms with Crippen molar-refractivity contribution < 1.29 is 28.6 Å². The molecule has 0 radical (unpaired) electrons. The fraction of sp³-hybridized carbons (Fsp3) is 0.478. The average molecular weight is 447 g/mol. The molecule has 2 rings (SSSR count). The third-order valence-electron chi connectivity index (χ3n) is 5.32. The molecule has 0 aliphatic heterocycles. The van der Waals surface area contributed by atoms with Gasteiger partial charge in [0.25, 0.3) is 5.91 Å². The van der Waals surface area contributed by atoms with Crippen LogP contribution in [0.3, 0.4) is 0 Å². The summed E-state index contributed by atoms with van der Waals surface area (Å²) in [4.78, 5) is 47.3. The van der Waals surface area contributed by atoms with Crippen molar-refractivity contribution >= 4 is 28.8 Å². The van der Waals surface area contributed by atoms with Gasteiger partial charge in [-0.15, -0.1) is 0 Å². The Balaban J connectivity index is 1.98. The summed E-state index contributed by atoms with van der Waals surface area (Å²) in [5, 5.41) is 14.9. The Bertz CT molecular complexity index is 1040. The molecule has 0 aliphatic carbocycles. The average Bonchev–Trinajstić information content (AvgIpc) is 2.75. The van der Waals surface area contributed by atoms with Gasteiger partial charge in [-0.1, -0.05) is 33.6 Å². The molecule has 9 heteroatoms. The van der Waals surface area contributed by atoms with Gasteiger partial charge in [0.2, 0.25) is 5.91 Å². The lowest BCUT2D eigenvalue weighted by Crippen LogP contribution is -2.48. The van der Waals surface area contributed by atoms with Crippen LogP contribution in [-0.2, 0) is 20.8 Å². The van der Waals surface area contributed by atoms with Gasteiger partial charge in [0, 0.05) is 17.0 Å². The summed E-state index contributed by atoms with van der Waals surface area (Å²) < 4.78 is 10.9. The van der Waals surface area contributed by atoms with Gasteiger partial charge in [-0.25, -0.2) is 9.59 Å². The van der Waals surface area contributed by atoms with Crippen LogP contribution in [0.1, 0.15) is 44.7 Å². The fourth-order valence-electron chi connectivity index (χ4n) is 3.32. The first-order valence-electron chi connectivity index (χ1n) is 10.7. The van der Waals surface area contributed by atoms with Gasteiger partial charge in [-0.05, 0) is 37.0 Å². The molecule has 2 aromatic rings. The lowest BCUT2D eigenvalue weighted by atomic mass is 9.99. The predicted octanol–water partition coefficient (Wildman–Crippen LogP) is 2.16. The third kappa shape index (κ3) is 6.32. The molecule has 32 heavy (non-hydrogen) atoms. The summed E-state index contributed by atoms with van der Waals surface area (Å²) in [7, 11) is 0. The number of amides is 2. The maximum Gasteiger partial charge on any atom is 0.336 e. The number of fused-ring (bicyclic) bond motifs is 1. The van der Waals surface area contributed by atoms with E-state index in [2.05, 4.69) is 10.6 Å². The van der Waals surface area contributed by atoms with E-state index in [-0.39, 0.29) is 19.1 Å². The number of carbonyl (C=O) groups is 3. The molecule has 9 nitrogen and oxygen atoms in total. The number of ether oxygens (including phenoxy) is 1. The van der Waals surface area contributed by atoms with Gasteiger partial charge in [0.05, 0.1) is 6.54 Å². The monoisotopic (exact) mass is 446 g/mol. The Morgan fingerprint density at radius 2 is 1.91 bits per heavy atom. The normalized spacial score (nSPS) is 12.8. The van der Waals surface area contributed by atoms with Crippen LogP contribution in [-0.4, -0.2) is 42.1 Å². The van der Waals surface area contributed by atoms with Crippen LogP contribution < -0.4 is 21.0 Å². The maximum absolute atomic E-state index is 12.1. The second-order valence-electron chi connectivity index (χ2n) is 7.74. The van der Waals surface area contributed by atoms with E-state index in [1.165, 1.54) is 6.07 Å². The molecular formula is C23H30N2O7. The summed E-state index contributed by atoms with van der Waals surface area (Å²) in [6, 6.07) is 3.96. The van der Waals surface area contributed by atoms with Gasteiger partial charge in [0.15, 0.2) is 6.61 Å². The molecule has 174 valence electrons. The minimum Gasteiger partial charge on any atom is -0.483 e. The first-order chi connectivity index (χ1) is 15.2. The fourth-order valence-corrected chi connectivity index (χ4v) is 3.32. The van der Waals surface area contributed by atoms with Crippen LogP contribution in [0.4, 0.5) is 0 Å². The van der Waals surface area contributed by atoms with Gasteiger partial charge in [-0.2, -0.15) is 0 Å². The van der Waals surface area contributed by atoms with E-state index < -0.39 is 29.5 Å². The quantitative estimate of drug-likeness (QED) is 0.450. The largest absolute Gasteiger partial charge is 0.483 e. The van der Waals surface area contributed by atoms with Crippen LogP contribution in [0.2, 0.25) is 0 Å². The Morgan fingerprint density at radius 3 is 2.53 bits per heavy atom. The van der Waals surface area contributed by atoms with Gasteiger partial charge >= 0.3 is 11.6 Å². The van der Waals surface area contributed by atoms with Gasteiger partial charge in [0.1, 0.15) is 17.4 Å². The zero-order valence-corrected chi connectivity index (χ0v) is 18.8. The number of carboxylic acids is 1. The molecule has 0 saturated carbocycles. The number of carbonyl (C=O) groups excluding carboxylic acids is 2. The highest BCUT2D eigenvalue weighted by Gasteiger charge is 2.25. The molecule has 1 aromatic carbocycles. The van der Waals surface area contributed by atoms with Crippen molar-refractivity contribution in [3.8, 4) is 5.75 Å². The Hall–Kier alpha value is -3.36. The lowest BCUT2D eigenvalue weighted by molar-refractivity contribution is -0.143. The molecule has 0 bridgehead atoms. The van der Waals surface area contributed by atoms with E-state index in [9.17, 15) is 24.3 Å². The van der Waals surface area contributed by atoms with Crippen molar-refractivity contribution in [2.75, 3.05) is 13.2 Å². The van der Waals surface area contributed by atoms with Crippen LogP contribution in [0.15, 0.2) is 27.4 Å². The summed E-state index contributed by atoms with van der Waals surface area (Å²) in [6.45, 7) is 6.60. The standard InChI is InChI=1S/C23H30N2O7/c1-5-7-15-10-20(28)32-22-14(4)17(9-8-16(15)22)31-12-19(27)24-11-18(26)25-21(23(29)30)13(3)6-2/h8-10,13,21H,5-7,11-12H2,1-4H3,(H,24,27)(H,25,26)(H,29,30)/t13-,21-/m0/s1.